The van der Waals surface area contributed by atoms with Gasteiger partial charge in [-0.3, -0.25) is 9.88 Å². The zero-order chi connectivity index (χ0) is 24.4. The van der Waals surface area contributed by atoms with Crippen molar-refractivity contribution in [2.75, 3.05) is 32.7 Å². The summed E-state index contributed by atoms with van der Waals surface area (Å²) in [4.78, 5) is 21.9. The van der Waals surface area contributed by atoms with Gasteiger partial charge in [-0.05, 0) is 75.2 Å². The fourth-order valence-electron chi connectivity index (χ4n) is 4.69. The molecule has 0 aliphatic carbocycles. The Morgan fingerprint density at radius 3 is 2.54 bits per heavy atom. The minimum atomic E-state index is -0.904. The van der Waals surface area contributed by atoms with Gasteiger partial charge in [0.05, 0.1) is 34.4 Å². The maximum Gasteiger partial charge on any atom is 0.159 e. The van der Waals surface area contributed by atoms with Gasteiger partial charge >= 0.3 is 0 Å². The lowest BCUT2D eigenvalue weighted by molar-refractivity contribution is 0.108. The van der Waals surface area contributed by atoms with E-state index >= 15 is 0 Å². The first kappa shape index (κ1) is 23.5. The Morgan fingerprint density at radius 1 is 0.943 bits per heavy atom. The zero-order valence-corrected chi connectivity index (χ0v) is 20.1. The maximum absolute atomic E-state index is 13.8. The number of nitrogens with one attached hydrogen (secondary N) is 1. The summed E-state index contributed by atoms with van der Waals surface area (Å²) in [5.74, 6) is -1.79. The van der Waals surface area contributed by atoms with E-state index in [1.54, 1.807) is 0 Å². The van der Waals surface area contributed by atoms with Gasteiger partial charge < -0.3 is 9.88 Å². The summed E-state index contributed by atoms with van der Waals surface area (Å²) in [6.45, 7) is 10.1. The summed E-state index contributed by atoms with van der Waals surface area (Å²) < 4.78 is 27.2. The molecule has 1 aliphatic heterocycles. The lowest BCUT2D eigenvalue weighted by atomic mass is 10.1. The topological polar surface area (TPSA) is 60.9 Å². The highest BCUT2D eigenvalue weighted by Crippen LogP contribution is 2.29. The van der Waals surface area contributed by atoms with Crippen molar-refractivity contribution in [2.24, 2.45) is 0 Å². The van der Waals surface area contributed by atoms with E-state index in [-0.39, 0.29) is 0 Å². The average molecular weight is 477 g/mol. The van der Waals surface area contributed by atoms with Crippen molar-refractivity contribution < 1.29 is 8.78 Å². The van der Waals surface area contributed by atoms with Crippen LogP contribution < -0.4 is 0 Å². The molecular formula is C27H30F2N6. The molecule has 3 aromatic heterocycles. The van der Waals surface area contributed by atoms with Crippen LogP contribution in [0, 0.1) is 11.6 Å². The molecule has 5 rings (SSSR count). The number of aromatic nitrogens is 4. The molecule has 1 aliphatic rings. The van der Waals surface area contributed by atoms with E-state index in [2.05, 4.69) is 44.7 Å². The van der Waals surface area contributed by atoms with Crippen LogP contribution in [-0.4, -0.2) is 68.5 Å². The number of hydrogen-bond donors (Lipinski definition) is 1. The Bertz CT molecular complexity index is 1310. The van der Waals surface area contributed by atoms with Crippen LogP contribution >= 0.6 is 0 Å². The second-order valence-electron chi connectivity index (χ2n) is 9.41. The monoisotopic (exact) mass is 476 g/mol. The molecule has 1 fully saturated rings. The molecule has 1 saturated heterocycles. The van der Waals surface area contributed by atoms with Crippen LogP contribution in [0.1, 0.15) is 25.8 Å². The number of aromatic amines is 1. The van der Waals surface area contributed by atoms with E-state index in [4.69, 9.17) is 4.98 Å². The largest absolute Gasteiger partial charge is 0.343 e. The van der Waals surface area contributed by atoms with Crippen LogP contribution in [-0.2, 0) is 6.42 Å². The van der Waals surface area contributed by atoms with Gasteiger partial charge in [0, 0.05) is 44.0 Å². The Kier molecular flexibility index (Phi) is 6.83. The number of pyridine rings is 2. The van der Waals surface area contributed by atoms with Gasteiger partial charge in [-0.2, -0.15) is 0 Å². The molecular weight excluding hydrogens is 446 g/mol. The van der Waals surface area contributed by atoms with Crippen molar-refractivity contribution in [1.29, 1.82) is 0 Å². The van der Waals surface area contributed by atoms with E-state index in [9.17, 15) is 8.78 Å². The minimum absolute atomic E-state index is 0.489. The molecule has 4 heterocycles. The Balaban J connectivity index is 1.29. The van der Waals surface area contributed by atoms with Crippen molar-refractivity contribution in [2.45, 2.75) is 32.7 Å². The smallest absolute Gasteiger partial charge is 0.159 e. The van der Waals surface area contributed by atoms with Crippen LogP contribution in [0.25, 0.3) is 33.7 Å². The third-order valence-electron chi connectivity index (χ3n) is 6.76. The van der Waals surface area contributed by atoms with E-state index < -0.39 is 11.6 Å². The van der Waals surface area contributed by atoms with Crippen LogP contribution in [0.3, 0.4) is 0 Å². The van der Waals surface area contributed by atoms with Gasteiger partial charge in [0.25, 0.3) is 0 Å². The Hall–Kier alpha value is -3.23. The minimum Gasteiger partial charge on any atom is -0.343 e. The quantitative estimate of drug-likeness (QED) is 0.410. The number of imidazole rings is 1. The highest BCUT2D eigenvalue weighted by molar-refractivity contribution is 5.82. The predicted octanol–water partition coefficient (Wildman–Crippen LogP) is 4.92. The highest BCUT2D eigenvalue weighted by Gasteiger charge is 2.18. The molecule has 0 atom stereocenters. The molecule has 0 bridgehead atoms. The van der Waals surface area contributed by atoms with Crippen LogP contribution in [0.4, 0.5) is 8.78 Å². The molecule has 6 nitrogen and oxygen atoms in total. The van der Waals surface area contributed by atoms with E-state index in [0.717, 1.165) is 74.3 Å². The van der Waals surface area contributed by atoms with Crippen molar-refractivity contribution in [3.05, 3.63) is 66.1 Å². The normalized spacial score (nSPS) is 15.3. The number of fused-ring (bicyclic) bond motifs is 1. The second kappa shape index (κ2) is 10.2. The number of aryl methyl sites for hydroxylation is 1. The van der Waals surface area contributed by atoms with Crippen molar-refractivity contribution in [1.82, 2.24) is 29.7 Å². The number of piperazine rings is 1. The standard InChI is InChI=1S/C27H30F2N6/c1-18(2)35-12-10-34(11-13-35)9-3-4-19-14-25-23(30-16-19)7-8-24(33-25)27-26(31-17-32-27)20-5-6-21(28)22(29)15-20/h5-8,14-18H,3-4,9-13H2,1-2H3,(H,31,32). The van der Waals surface area contributed by atoms with Gasteiger partial charge in [-0.25, -0.2) is 18.7 Å². The van der Waals surface area contributed by atoms with Crippen molar-refractivity contribution in [3.63, 3.8) is 0 Å². The third kappa shape index (κ3) is 5.23. The fraction of sp³-hybridized carbons (Fsp3) is 0.370. The zero-order valence-electron chi connectivity index (χ0n) is 20.1. The fourth-order valence-corrected chi connectivity index (χ4v) is 4.69. The maximum atomic E-state index is 13.8. The van der Waals surface area contributed by atoms with E-state index in [0.29, 0.717) is 28.7 Å². The number of rotatable bonds is 7. The molecule has 0 unspecified atom stereocenters. The molecule has 0 saturated carbocycles. The summed E-state index contributed by atoms with van der Waals surface area (Å²) in [6.07, 6.45) is 5.50. The number of benzene rings is 1. The molecule has 8 heteroatoms. The van der Waals surface area contributed by atoms with Gasteiger partial charge in [0.15, 0.2) is 11.6 Å². The third-order valence-corrected chi connectivity index (χ3v) is 6.76. The number of nitrogens with zero attached hydrogens (tertiary/aromatic N) is 5. The molecule has 0 spiro atoms. The highest BCUT2D eigenvalue weighted by atomic mass is 19.2. The van der Waals surface area contributed by atoms with E-state index in [1.165, 1.54) is 12.4 Å². The SMILES string of the molecule is CC(C)N1CCN(CCCc2cnc3ccc(-c4[nH]cnc4-c4ccc(F)c(F)c4)nc3c2)CC1. The Morgan fingerprint density at radius 2 is 1.77 bits per heavy atom. The molecule has 1 aromatic carbocycles. The number of halogens is 2. The average Bonchev–Trinajstić information content (AvgIpc) is 3.36. The van der Waals surface area contributed by atoms with Gasteiger partial charge in [0.1, 0.15) is 0 Å². The lowest BCUT2D eigenvalue weighted by Crippen LogP contribution is -2.48. The first-order valence-electron chi connectivity index (χ1n) is 12.2. The molecule has 182 valence electrons. The summed E-state index contributed by atoms with van der Waals surface area (Å²) >= 11 is 0. The molecule has 0 radical (unpaired) electrons. The predicted molar refractivity (Wildman–Crippen MR) is 134 cm³/mol. The van der Waals surface area contributed by atoms with Crippen LogP contribution in [0.15, 0.2) is 48.9 Å². The summed E-state index contributed by atoms with van der Waals surface area (Å²) in [5.41, 5.74) is 5.13. The number of hydrogen-bond acceptors (Lipinski definition) is 5. The molecule has 0 amide bonds. The summed E-state index contributed by atoms with van der Waals surface area (Å²) in [6, 6.07) is 10.3. The first-order chi connectivity index (χ1) is 17.0. The Labute approximate surface area is 204 Å². The van der Waals surface area contributed by atoms with Crippen LogP contribution in [0.5, 0.6) is 0 Å². The van der Waals surface area contributed by atoms with Gasteiger partial charge in [0.2, 0.25) is 0 Å². The first-order valence-corrected chi connectivity index (χ1v) is 12.2. The molecule has 4 aromatic rings. The summed E-state index contributed by atoms with van der Waals surface area (Å²) in [7, 11) is 0. The van der Waals surface area contributed by atoms with Crippen LogP contribution in [0.2, 0.25) is 0 Å². The molecule has 1 N–H and O–H groups in total. The van der Waals surface area contributed by atoms with E-state index in [1.807, 2.05) is 18.3 Å². The van der Waals surface area contributed by atoms with Gasteiger partial charge in [-0.15, -0.1) is 0 Å². The van der Waals surface area contributed by atoms with Crippen molar-refractivity contribution >= 4 is 11.0 Å². The lowest BCUT2D eigenvalue weighted by Gasteiger charge is -2.36. The molecule has 35 heavy (non-hydrogen) atoms. The van der Waals surface area contributed by atoms with Gasteiger partial charge in [-0.1, -0.05) is 0 Å². The second-order valence-corrected chi connectivity index (χ2v) is 9.41. The van der Waals surface area contributed by atoms with Crippen molar-refractivity contribution in [3.8, 4) is 22.6 Å². The summed E-state index contributed by atoms with van der Waals surface area (Å²) in [5, 5.41) is 0. The number of H-pyrrole nitrogens is 1.